The lowest BCUT2D eigenvalue weighted by atomic mass is 10.0. The van der Waals surface area contributed by atoms with E-state index in [1.165, 1.54) is 12.1 Å². The van der Waals surface area contributed by atoms with Crippen LogP contribution in [0.1, 0.15) is 31.1 Å². The number of hydrogen-bond donors (Lipinski definition) is 2. The molecule has 0 heterocycles. The van der Waals surface area contributed by atoms with Crippen molar-refractivity contribution in [2.75, 3.05) is 6.54 Å². The molecule has 0 saturated heterocycles. The molecule has 2 nitrogen and oxygen atoms in total. The Hall–Kier alpha value is -1.07. The molecule has 1 rings (SSSR count). The van der Waals surface area contributed by atoms with Gasteiger partial charge in [-0.1, -0.05) is 19.1 Å². The van der Waals surface area contributed by atoms with Crippen LogP contribution in [0, 0.1) is 0 Å². The molecule has 5 heteroatoms. The molecule has 17 heavy (non-hydrogen) atoms. The average molecular weight is 247 g/mol. The third-order valence-corrected chi connectivity index (χ3v) is 2.58. The van der Waals surface area contributed by atoms with Gasteiger partial charge in [-0.2, -0.15) is 13.2 Å². The van der Waals surface area contributed by atoms with Crippen molar-refractivity contribution in [3.63, 3.8) is 0 Å². The Kier molecular flexibility index (Phi) is 4.54. The Morgan fingerprint density at radius 3 is 2.18 bits per heavy atom. The first-order valence-electron chi connectivity index (χ1n) is 5.45. The van der Waals surface area contributed by atoms with E-state index >= 15 is 0 Å². The number of benzene rings is 1. The molecule has 1 aromatic rings. The second-order valence-electron chi connectivity index (χ2n) is 3.91. The monoisotopic (exact) mass is 247 g/mol. The maximum absolute atomic E-state index is 12.3. The van der Waals surface area contributed by atoms with Crippen LogP contribution in [0.25, 0.3) is 0 Å². The molecule has 0 aliphatic heterocycles. The maximum Gasteiger partial charge on any atom is 0.416 e. The van der Waals surface area contributed by atoms with Crippen LogP contribution in [0.15, 0.2) is 24.3 Å². The van der Waals surface area contributed by atoms with Gasteiger partial charge in [0, 0.05) is 6.04 Å². The van der Waals surface area contributed by atoms with Gasteiger partial charge in [-0.3, -0.25) is 0 Å². The summed E-state index contributed by atoms with van der Waals surface area (Å²) in [6.45, 7) is 4.38. The first-order valence-corrected chi connectivity index (χ1v) is 5.45. The van der Waals surface area contributed by atoms with Crippen molar-refractivity contribution in [1.29, 1.82) is 0 Å². The molecule has 2 atom stereocenters. The highest BCUT2D eigenvalue weighted by molar-refractivity contribution is 5.26. The van der Waals surface area contributed by atoms with E-state index in [2.05, 4.69) is 5.32 Å². The minimum Gasteiger partial charge on any atom is -0.387 e. The van der Waals surface area contributed by atoms with Crippen molar-refractivity contribution < 1.29 is 18.3 Å². The van der Waals surface area contributed by atoms with Crippen molar-refractivity contribution >= 4 is 0 Å². The van der Waals surface area contributed by atoms with Gasteiger partial charge in [0.15, 0.2) is 0 Å². The minimum absolute atomic E-state index is 0.197. The summed E-state index contributed by atoms with van der Waals surface area (Å²) in [6.07, 6.45) is -5.14. The van der Waals surface area contributed by atoms with Crippen molar-refractivity contribution in [2.24, 2.45) is 0 Å². The normalized spacial score (nSPS) is 15.6. The van der Waals surface area contributed by atoms with E-state index < -0.39 is 17.8 Å². The summed E-state index contributed by atoms with van der Waals surface area (Å²) < 4.78 is 37.0. The highest BCUT2D eigenvalue weighted by atomic mass is 19.4. The molecule has 0 fully saturated rings. The van der Waals surface area contributed by atoms with Crippen LogP contribution in [0.3, 0.4) is 0 Å². The molecule has 0 saturated carbocycles. The van der Waals surface area contributed by atoms with Crippen LogP contribution in [-0.4, -0.2) is 17.7 Å². The summed E-state index contributed by atoms with van der Waals surface area (Å²) in [5.74, 6) is 0. The summed E-state index contributed by atoms with van der Waals surface area (Å²) in [4.78, 5) is 0. The fourth-order valence-corrected chi connectivity index (χ4v) is 1.59. The van der Waals surface area contributed by atoms with E-state index in [1.807, 2.05) is 6.92 Å². The standard InChI is InChI=1S/C12H16F3NO/c1-3-16-8(2)11(17)9-4-6-10(7-5-9)12(13,14)15/h4-8,11,16-17H,3H2,1-2H3. The summed E-state index contributed by atoms with van der Waals surface area (Å²) in [7, 11) is 0. The largest absolute Gasteiger partial charge is 0.416 e. The predicted molar refractivity (Wildman–Crippen MR) is 59.5 cm³/mol. The number of hydrogen-bond acceptors (Lipinski definition) is 2. The lowest BCUT2D eigenvalue weighted by Gasteiger charge is -2.20. The van der Waals surface area contributed by atoms with Crippen LogP contribution in [0.5, 0.6) is 0 Å². The van der Waals surface area contributed by atoms with E-state index in [1.54, 1.807) is 6.92 Å². The zero-order valence-electron chi connectivity index (χ0n) is 9.75. The van der Waals surface area contributed by atoms with E-state index in [4.69, 9.17) is 0 Å². The Bertz CT molecular complexity index is 348. The molecular formula is C12H16F3NO. The fourth-order valence-electron chi connectivity index (χ4n) is 1.59. The topological polar surface area (TPSA) is 32.3 Å². The second kappa shape index (κ2) is 5.51. The van der Waals surface area contributed by atoms with E-state index in [0.29, 0.717) is 12.1 Å². The van der Waals surface area contributed by atoms with Crippen molar-refractivity contribution in [3.8, 4) is 0 Å². The van der Waals surface area contributed by atoms with Crippen molar-refractivity contribution in [2.45, 2.75) is 32.2 Å². The Morgan fingerprint density at radius 2 is 1.76 bits per heavy atom. The van der Waals surface area contributed by atoms with Crippen molar-refractivity contribution in [1.82, 2.24) is 5.32 Å². The molecule has 0 aromatic heterocycles. The molecule has 0 aliphatic carbocycles. The number of likely N-dealkylation sites (N-methyl/N-ethyl adjacent to an activating group) is 1. The van der Waals surface area contributed by atoms with Gasteiger partial charge in [0.1, 0.15) is 0 Å². The number of nitrogens with one attached hydrogen (secondary N) is 1. The lowest BCUT2D eigenvalue weighted by molar-refractivity contribution is -0.137. The van der Waals surface area contributed by atoms with Crippen LogP contribution >= 0.6 is 0 Å². The number of aliphatic hydroxyl groups is 1. The molecule has 0 radical (unpaired) electrons. The highest BCUT2D eigenvalue weighted by Gasteiger charge is 2.30. The average Bonchev–Trinajstić information content (AvgIpc) is 2.27. The van der Waals surface area contributed by atoms with Crippen LogP contribution < -0.4 is 5.32 Å². The maximum atomic E-state index is 12.3. The summed E-state index contributed by atoms with van der Waals surface area (Å²) in [6, 6.07) is 4.38. The lowest BCUT2D eigenvalue weighted by Crippen LogP contribution is -2.31. The minimum atomic E-state index is -4.34. The van der Waals surface area contributed by atoms with E-state index in [0.717, 1.165) is 12.1 Å². The summed E-state index contributed by atoms with van der Waals surface area (Å²) in [5.41, 5.74) is -0.226. The molecule has 0 amide bonds. The molecule has 0 bridgehead atoms. The Morgan fingerprint density at radius 1 is 1.24 bits per heavy atom. The SMILES string of the molecule is CCNC(C)C(O)c1ccc(C(F)(F)F)cc1. The van der Waals surface area contributed by atoms with Gasteiger partial charge >= 0.3 is 6.18 Å². The zero-order valence-corrected chi connectivity index (χ0v) is 9.75. The second-order valence-corrected chi connectivity index (χ2v) is 3.91. The third kappa shape index (κ3) is 3.71. The zero-order chi connectivity index (χ0) is 13.1. The van der Waals surface area contributed by atoms with Crippen LogP contribution in [0.2, 0.25) is 0 Å². The third-order valence-electron chi connectivity index (χ3n) is 2.58. The van der Waals surface area contributed by atoms with Gasteiger partial charge in [-0.25, -0.2) is 0 Å². The van der Waals surface area contributed by atoms with Crippen molar-refractivity contribution in [3.05, 3.63) is 35.4 Å². The molecule has 2 N–H and O–H groups in total. The van der Waals surface area contributed by atoms with Gasteiger partial charge < -0.3 is 10.4 Å². The van der Waals surface area contributed by atoms with Gasteiger partial charge in [-0.15, -0.1) is 0 Å². The predicted octanol–water partition coefficient (Wildman–Crippen LogP) is 2.74. The van der Waals surface area contributed by atoms with Crippen LogP contribution in [-0.2, 0) is 6.18 Å². The first-order chi connectivity index (χ1) is 7.86. The quantitative estimate of drug-likeness (QED) is 0.857. The van der Waals surface area contributed by atoms with Crippen LogP contribution in [0.4, 0.5) is 13.2 Å². The smallest absolute Gasteiger partial charge is 0.387 e. The van der Waals surface area contributed by atoms with E-state index in [-0.39, 0.29) is 6.04 Å². The molecule has 0 spiro atoms. The Labute approximate surface area is 98.5 Å². The highest BCUT2D eigenvalue weighted by Crippen LogP contribution is 2.30. The molecule has 96 valence electrons. The van der Waals surface area contributed by atoms with Gasteiger partial charge in [0.25, 0.3) is 0 Å². The van der Waals surface area contributed by atoms with Gasteiger partial charge in [0.2, 0.25) is 0 Å². The Balaban J connectivity index is 2.80. The molecular weight excluding hydrogens is 231 g/mol. The number of halogens is 3. The molecule has 2 unspecified atom stereocenters. The molecule has 1 aromatic carbocycles. The summed E-state index contributed by atoms with van der Waals surface area (Å²) in [5, 5.41) is 12.9. The summed E-state index contributed by atoms with van der Waals surface area (Å²) >= 11 is 0. The van der Waals surface area contributed by atoms with E-state index in [9.17, 15) is 18.3 Å². The number of aliphatic hydroxyl groups excluding tert-OH is 1. The number of alkyl halides is 3. The van der Waals surface area contributed by atoms with Gasteiger partial charge in [-0.05, 0) is 31.2 Å². The van der Waals surface area contributed by atoms with Gasteiger partial charge in [0.05, 0.1) is 11.7 Å². The fraction of sp³-hybridized carbons (Fsp3) is 0.500. The number of rotatable bonds is 4. The first kappa shape index (κ1) is 14.0. The molecule has 0 aliphatic rings.